The number of anilines is 1. The zero-order valence-electron chi connectivity index (χ0n) is 17.1. The lowest BCUT2D eigenvalue weighted by molar-refractivity contribution is 0.155. The first-order valence-electron chi connectivity index (χ1n) is 11.6. The summed E-state index contributed by atoms with van der Waals surface area (Å²) in [6, 6.07) is 8.66. The molecule has 26 heavy (non-hydrogen) atoms. The van der Waals surface area contributed by atoms with Gasteiger partial charge in [-0.05, 0) is 79.9 Å². The fraction of sp³-hybridized carbons (Fsp3) is 0.760. The molecule has 0 heterocycles. The van der Waals surface area contributed by atoms with Crippen molar-refractivity contribution in [3.05, 3.63) is 29.8 Å². The molecule has 0 unspecified atom stereocenters. The highest BCUT2D eigenvalue weighted by Crippen LogP contribution is 2.44. The van der Waals surface area contributed by atoms with Crippen LogP contribution < -0.4 is 5.73 Å². The lowest BCUT2D eigenvalue weighted by Crippen LogP contribution is -2.25. The van der Waals surface area contributed by atoms with Gasteiger partial charge in [0.1, 0.15) is 0 Å². The van der Waals surface area contributed by atoms with Crippen LogP contribution in [-0.4, -0.2) is 0 Å². The molecular weight excluding hydrogens is 314 g/mol. The number of rotatable bonds is 8. The molecule has 0 aromatic heterocycles. The molecule has 0 atom stereocenters. The molecule has 0 spiro atoms. The Kier molecular flexibility index (Phi) is 7.89. The van der Waals surface area contributed by atoms with Crippen LogP contribution in [0.2, 0.25) is 0 Å². The highest BCUT2D eigenvalue weighted by molar-refractivity contribution is 5.40. The molecule has 2 fully saturated rings. The van der Waals surface area contributed by atoms with Gasteiger partial charge in [0.2, 0.25) is 0 Å². The van der Waals surface area contributed by atoms with Crippen molar-refractivity contribution in [1.29, 1.82) is 0 Å². The average molecular weight is 356 g/mol. The topological polar surface area (TPSA) is 26.0 Å². The van der Waals surface area contributed by atoms with E-state index in [-0.39, 0.29) is 0 Å². The molecule has 2 N–H and O–H groups in total. The van der Waals surface area contributed by atoms with Crippen molar-refractivity contribution < 1.29 is 0 Å². The van der Waals surface area contributed by atoms with E-state index in [1.165, 1.54) is 95.5 Å². The third kappa shape index (κ3) is 5.76. The number of unbranched alkanes of at least 4 members (excludes halogenated alkanes) is 4. The summed E-state index contributed by atoms with van der Waals surface area (Å²) >= 11 is 0. The van der Waals surface area contributed by atoms with Crippen molar-refractivity contribution in [1.82, 2.24) is 0 Å². The number of nitrogen functional groups attached to an aromatic ring is 1. The van der Waals surface area contributed by atoms with Crippen LogP contribution in [-0.2, 0) is 0 Å². The predicted molar refractivity (Wildman–Crippen MR) is 114 cm³/mol. The third-order valence-corrected chi connectivity index (χ3v) is 7.45. The Labute approximate surface area is 162 Å². The molecule has 1 heteroatoms. The van der Waals surface area contributed by atoms with Gasteiger partial charge in [0.05, 0.1) is 0 Å². The van der Waals surface area contributed by atoms with Crippen LogP contribution in [0, 0.1) is 17.8 Å². The molecule has 0 aliphatic heterocycles. The molecule has 2 aliphatic rings. The van der Waals surface area contributed by atoms with Gasteiger partial charge < -0.3 is 5.73 Å². The number of nitrogens with two attached hydrogens (primary N) is 1. The van der Waals surface area contributed by atoms with Gasteiger partial charge in [-0.2, -0.15) is 0 Å². The molecule has 0 radical (unpaired) electrons. The van der Waals surface area contributed by atoms with Crippen LogP contribution in [0.1, 0.15) is 108 Å². The maximum atomic E-state index is 5.84. The van der Waals surface area contributed by atoms with Crippen LogP contribution in [0.15, 0.2) is 24.3 Å². The molecule has 2 saturated carbocycles. The molecule has 1 aromatic carbocycles. The van der Waals surface area contributed by atoms with E-state index in [9.17, 15) is 0 Å². The van der Waals surface area contributed by atoms with Crippen molar-refractivity contribution >= 4 is 5.69 Å². The first kappa shape index (κ1) is 19.8. The quantitative estimate of drug-likeness (QED) is 0.375. The average Bonchev–Trinajstić information content (AvgIpc) is 2.69. The zero-order valence-corrected chi connectivity index (χ0v) is 17.1. The smallest absolute Gasteiger partial charge is 0.0314 e. The fourth-order valence-electron chi connectivity index (χ4n) is 5.68. The molecule has 0 bridgehead atoms. The van der Waals surface area contributed by atoms with Gasteiger partial charge in [0.25, 0.3) is 0 Å². The molecule has 0 amide bonds. The van der Waals surface area contributed by atoms with Crippen molar-refractivity contribution in [2.75, 3.05) is 5.73 Å². The molecule has 2 aliphatic carbocycles. The molecule has 1 nitrogen and oxygen atoms in total. The Morgan fingerprint density at radius 3 is 1.92 bits per heavy atom. The van der Waals surface area contributed by atoms with Crippen molar-refractivity contribution in [2.45, 2.75) is 103 Å². The predicted octanol–water partition coefficient (Wildman–Crippen LogP) is 7.71. The SMILES string of the molecule is CCCCCCCC1CCC(C2CCC(c3ccc(N)cc3)CC2)CC1. The third-order valence-electron chi connectivity index (χ3n) is 7.45. The van der Waals surface area contributed by atoms with Crippen LogP contribution in [0.25, 0.3) is 0 Å². The van der Waals surface area contributed by atoms with Crippen LogP contribution in [0.5, 0.6) is 0 Å². The Morgan fingerprint density at radius 1 is 0.731 bits per heavy atom. The summed E-state index contributed by atoms with van der Waals surface area (Å²) in [4.78, 5) is 0. The van der Waals surface area contributed by atoms with Gasteiger partial charge in [-0.15, -0.1) is 0 Å². The maximum absolute atomic E-state index is 5.84. The van der Waals surface area contributed by atoms with E-state index in [0.29, 0.717) is 0 Å². The first-order chi connectivity index (χ1) is 12.8. The number of benzene rings is 1. The minimum Gasteiger partial charge on any atom is -0.399 e. The van der Waals surface area contributed by atoms with Gasteiger partial charge in [-0.25, -0.2) is 0 Å². The minimum atomic E-state index is 0.784. The van der Waals surface area contributed by atoms with E-state index in [1.807, 2.05) is 0 Å². The Morgan fingerprint density at radius 2 is 1.31 bits per heavy atom. The number of hydrogen-bond donors (Lipinski definition) is 1. The fourth-order valence-corrected chi connectivity index (χ4v) is 5.68. The highest BCUT2D eigenvalue weighted by atomic mass is 14.5. The first-order valence-corrected chi connectivity index (χ1v) is 11.6. The molecule has 3 rings (SSSR count). The van der Waals surface area contributed by atoms with Crippen molar-refractivity contribution in [3.8, 4) is 0 Å². The molecule has 0 saturated heterocycles. The number of hydrogen-bond acceptors (Lipinski definition) is 1. The lowest BCUT2D eigenvalue weighted by atomic mass is 9.68. The second-order valence-electron chi connectivity index (χ2n) is 9.26. The van der Waals surface area contributed by atoms with E-state index in [4.69, 9.17) is 5.73 Å². The van der Waals surface area contributed by atoms with E-state index < -0.39 is 0 Å². The van der Waals surface area contributed by atoms with Gasteiger partial charge >= 0.3 is 0 Å². The summed E-state index contributed by atoms with van der Waals surface area (Å²) in [6.07, 6.45) is 20.5. The van der Waals surface area contributed by atoms with E-state index in [1.54, 1.807) is 0 Å². The summed E-state index contributed by atoms with van der Waals surface area (Å²) < 4.78 is 0. The summed E-state index contributed by atoms with van der Waals surface area (Å²) in [5, 5.41) is 0. The van der Waals surface area contributed by atoms with Crippen molar-refractivity contribution in [3.63, 3.8) is 0 Å². The summed E-state index contributed by atoms with van der Waals surface area (Å²) in [7, 11) is 0. The highest BCUT2D eigenvalue weighted by Gasteiger charge is 2.31. The molecule has 146 valence electrons. The molecular formula is C25H41N. The Hall–Kier alpha value is -0.980. The van der Waals surface area contributed by atoms with Gasteiger partial charge in [-0.3, -0.25) is 0 Å². The normalized spacial score (nSPS) is 29.6. The largest absolute Gasteiger partial charge is 0.399 e. The van der Waals surface area contributed by atoms with E-state index >= 15 is 0 Å². The van der Waals surface area contributed by atoms with Gasteiger partial charge in [-0.1, -0.05) is 70.4 Å². The summed E-state index contributed by atoms with van der Waals surface area (Å²) in [5.74, 6) is 3.90. The van der Waals surface area contributed by atoms with Crippen molar-refractivity contribution in [2.24, 2.45) is 17.8 Å². The van der Waals surface area contributed by atoms with Crippen LogP contribution >= 0.6 is 0 Å². The summed E-state index contributed by atoms with van der Waals surface area (Å²) in [6.45, 7) is 2.31. The lowest BCUT2D eigenvalue weighted by Gasteiger charge is -2.38. The van der Waals surface area contributed by atoms with Crippen LogP contribution in [0.4, 0.5) is 5.69 Å². The maximum Gasteiger partial charge on any atom is 0.0314 e. The second-order valence-corrected chi connectivity index (χ2v) is 9.26. The monoisotopic (exact) mass is 355 g/mol. The van der Waals surface area contributed by atoms with Gasteiger partial charge in [0.15, 0.2) is 0 Å². The molecule has 1 aromatic rings. The minimum absolute atomic E-state index is 0.784. The Bertz CT molecular complexity index is 489. The van der Waals surface area contributed by atoms with E-state index in [2.05, 4.69) is 31.2 Å². The van der Waals surface area contributed by atoms with Gasteiger partial charge in [0, 0.05) is 5.69 Å². The zero-order chi connectivity index (χ0) is 18.2. The second kappa shape index (κ2) is 10.4. The van der Waals surface area contributed by atoms with E-state index in [0.717, 1.165) is 29.4 Å². The van der Waals surface area contributed by atoms with Crippen LogP contribution in [0.3, 0.4) is 0 Å². The standard InChI is InChI=1S/C25H41N/c1-2-3-4-5-6-7-20-8-10-21(11-9-20)22-12-14-23(15-13-22)24-16-18-25(26)19-17-24/h16-23H,2-15,26H2,1H3. The Balaban J connectivity index is 1.34. The summed E-state index contributed by atoms with van der Waals surface area (Å²) in [5.41, 5.74) is 8.25.